The molecule has 12 heteroatoms. The van der Waals surface area contributed by atoms with Gasteiger partial charge in [0.2, 0.25) is 0 Å². The van der Waals surface area contributed by atoms with E-state index >= 15 is 0 Å². The summed E-state index contributed by atoms with van der Waals surface area (Å²) >= 11 is 1.10. The number of aliphatic carboxylic acids is 1. The molecule has 0 radical (unpaired) electrons. The summed E-state index contributed by atoms with van der Waals surface area (Å²) in [4.78, 5) is 30.0. The van der Waals surface area contributed by atoms with Crippen LogP contribution in [-0.2, 0) is 22.3 Å². The van der Waals surface area contributed by atoms with Crippen LogP contribution in [0.1, 0.15) is 67.5 Å². The molecule has 2 saturated carbocycles. The fraction of sp³-hybridized carbons (Fsp3) is 0.600. The summed E-state index contributed by atoms with van der Waals surface area (Å²) in [5, 5.41) is 9.27. The molecule has 2 aromatic heterocycles. The molecule has 4 rings (SSSR count). The predicted molar refractivity (Wildman–Crippen MR) is 129 cm³/mol. The van der Waals surface area contributed by atoms with Gasteiger partial charge in [0.15, 0.2) is 11.4 Å². The summed E-state index contributed by atoms with van der Waals surface area (Å²) in [5.41, 5.74) is -0.480. The lowest BCUT2D eigenvalue weighted by Gasteiger charge is -2.28. The molecular weight excluding hydrogens is 511 g/mol. The molecule has 2 aliphatic carbocycles. The van der Waals surface area contributed by atoms with Crippen LogP contribution in [0.3, 0.4) is 0 Å². The fourth-order valence-corrected chi connectivity index (χ4v) is 5.67. The topological polar surface area (TPSA) is 102 Å². The molecule has 0 spiro atoms. The number of hydrogen-bond acceptors (Lipinski definition) is 7. The molecule has 0 aliphatic heterocycles. The number of carboxylic acid groups (broad SMARTS) is 1. The Labute approximate surface area is 217 Å². The van der Waals surface area contributed by atoms with Crippen LogP contribution in [0, 0.1) is 12.8 Å². The molecule has 0 bridgehead atoms. The van der Waals surface area contributed by atoms with Crippen LogP contribution in [0.15, 0.2) is 12.1 Å². The third-order valence-corrected chi connectivity index (χ3v) is 7.92. The van der Waals surface area contributed by atoms with E-state index in [0.29, 0.717) is 29.7 Å². The molecule has 37 heavy (non-hydrogen) atoms. The Morgan fingerprint density at radius 3 is 2.57 bits per heavy atom. The second-order valence-electron chi connectivity index (χ2n) is 9.65. The molecule has 8 nitrogen and oxygen atoms in total. The average molecular weight is 542 g/mol. The lowest BCUT2D eigenvalue weighted by Crippen LogP contribution is -2.35. The fourth-order valence-electron chi connectivity index (χ4n) is 4.97. The van der Waals surface area contributed by atoms with Crippen molar-refractivity contribution in [2.24, 2.45) is 5.92 Å². The highest BCUT2D eigenvalue weighted by Gasteiger charge is 2.39. The average Bonchev–Trinajstić information content (AvgIpc) is 3.52. The molecule has 0 saturated heterocycles. The zero-order valence-corrected chi connectivity index (χ0v) is 21.5. The van der Waals surface area contributed by atoms with Crippen molar-refractivity contribution in [3.05, 3.63) is 28.3 Å². The van der Waals surface area contributed by atoms with Gasteiger partial charge in [-0.3, -0.25) is 4.79 Å². The third kappa shape index (κ3) is 6.34. The Bertz CT molecular complexity index is 1130. The number of aromatic nitrogens is 2. The van der Waals surface area contributed by atoms with Crippen molar-refractivity contribution in [2.45, 2.75) is 83.2 Å². The van der Waals surface area contributed by atoms with Gasteiger partial charge in [0.1, 0.15) is 12.3 Å². The molecule has 1 unspecified atom stereocenters. The minimum absolute atomic E-state index is 0.00808. The molecule has 0 aromatic carbocycles. The number of ether oxygens (including phenoxy) is 2. The Kier molecular flexibility index (Phi) is 8.25. The summed E-state index contributed by atoms with van der Waals surface area (Å²) in [5.74, 6) is -2.05. The molecular formula is C25H30F3N3O5S. The van der Waals surface area contributed by atoms with E-state index in [9.17, 15) is 27.9 Å². The molecule has 1 N–H and O–H groups in total. The van der Waals surface area contributed by atoms with E-state index < -0.39 is 41.7 Å². The number of pyridine rings is 1. The smallest absolute Gasteiger partial charge is 0.437 e. The van der Waals surface area contributed by atoms with Gasteiger partial charge in [-0.1, -0.05) is 12.8 Å². The number of aryl methyl sites for hydroxylation is 1. The van der Waals surface area contributed by atoms with Crippen molar-refractivity contribution in [1.82, 2.24) is 14.3 Å². The van der Waals surface area contributed by atoms with Crippen LogP contribution >= 0.6 is 11.5 Å². The zero-order chi connectivity index (χ0) is 26.7. The first kappa shape index (κ1) is 27.2. The Morgan fingerprint density at radius 2 is 1.89 bits per heavy atom. The summed E-state index contributed by atoms with van der Waals surface area (Å²) in [6, 6.07) is 2.73. The number of rotatable bonds is 7. The second-order valence-corrected chi connectivity index (χ2v) is 10.6. The van der Waals surface area contributed by atoms with Crippen LogP contribution in [0.4, 0.5) is 18.0 Å². The molecule has 1 amide bonds. The minimum Gasteiger partial charge on any atom is -0.488 e. The number of amides is 1. The van der Waals surface area contributed by atoms with Crippen molar-refractivity contribution >= 4 is 23.6 Å². The van der Waals surface area contributed by atoms with Crippen LogP contribution in [-0.4, -0.2) is 50.6 Å². The van der Waals surface area contributed by atoms with E-state index in [4.69, 9.17) is 9.47 Å². The lowest BCUT2D eigenvalue weighted by atomic mass is 9.87. The van der Waals surface area contributed by atoms with Gasteiger partial charge in [-0.2, -0.15) is 17.5 Å². The van der Waals surface area contributed by atoms with Gasteiger partial charge >= 0.3 is 18.2 Å². The largest absolute Gasteiger partial charge is 0.488 e. The van der Waals surface area contributed by atoms with E-state index in [0.717, 1.165) is 37.2 Å². The number of carboxylic acids is 1. The second kappa shape index (κ2) is 11.2. The highest BCUT2D eigenvalue weighted by Crippen LogP contribution is 2.39. The first-order valence-electron chi connectivity index (χ1n) is 12.4. The number of halogens is 3. The number of hydrogen-bond donors (Lipinski definition) is 1. The molecule has 2 atom stereocenters. The first-order chi connectivity index (χ1) is 17.5. The van der Waals surface area contributed by atoms with Crippen molar-refractivity contribution in [3.8, 4) is 17.1 Å². The Balaban J connectivity index is 1.53. The van der Waals surface area contributed by atoms with Crippen molar-refractivity contribution in [3.63, 3.8) is 0 Å². The van der Waals surface area contributed by atoms with Gasteiger partial charge < -0.3 is 19.5 Å². The van der Waals surface area contributed by atoms with Crippen LogP contribution in [0.25, 0.3) is 11.4 Å². The summed E-state index contributed by atoms with van der Waals surface area (Å²) < 4.78 is 57.3. The normalized spacial score (nSPS) is 20.6. The van der Waals surface area contributed by atoms with Gasteiger partial charge in [-0.05, 0) is 69.1 Å². The van der Waals surface area contributed by atoms with Crippen LogP contribution in [0.5, 0.6) is 5.75 Å². The van der Waals surface area contributed by atoms with Gasteiger partial charge in [0.25, 0.3) is 0 Å². The van der Waals surface area contributed by atoms with E-state index in [1.165, 1.54) is 12.1 Å². The van der Waals surface area contributed by atoms with Gasteiger partial charge in [-0.15, -0.1) is 0 Å². The van der Waals surface area contributed by atoms with Crippen molar-refractivity contribution in [1.29, 1.82) is 0 Å². The summed E-state index contributed by atoms with van der Waals surface area (Å²) in [7, 11) is 1.69. The number of alkyl halides is 3. The van der Waals surface area contributed by atoms with Crippen molar-refractivity contribution < 1.29 is 37.3 Å². The summed E-state index contributed by atoms with van der Waals surface area (Å²) in [6.45, 7) is 1.63. The lowest BCUT2D eigenvalue weighted by molar-refractivity contribution is -0.146. The van der Waals surface area contributed by atoms with Gasteiger partial charge in [0, 0.05) is 23.5 Å². The van der Waals surface area contributed by atoms with E-state index in [1.807, 2.05) is 0 Å². The predicted octanol–water partition coefficient (Wildman–Crippen LogP) is 6.07. The van der Waals surface area contributed by atoms with E-state index in [-0.39, 0.29) is 30.5 Å². The monoisotopic (exact) mass is 541 g/mol. The van der Waals surface area contributed by atoms with Gasteiger partial charge in [0.05, 0.1) is 17.7 Å². The molecule has 202 valence electrons. The van der Waals surface area contributed by atoms with E-state index in [1.54, 1.807) is 18.9 Å². The standard InChI is InChI=1S/C25H30F3N3O5S/c1-14-18(13-35-24(34)31(2)16-7-3-4-8-16)21(30-37-14)19-10-11-20(22(29-19)25(26,27)28)36-17-9-5-6-15(12-17)23(32)33/h10-11,15-17H,3-9,12-13H2,1-2H3,(H,32,33)/t15-,17?/m0/s1. The van der Waals surface area contributed by atoms with Crippen molar-refractivity contribution in [2.75, 3.05) is 7.05 Å². The molecule has 2 aromatic rings. The van der Waals surface area contributed by atoms with Crippen LogP contribution in [0.2, 0.25) is 0 Å². The van der Waals surface area contributed by atoms with Crippen LogP contribution < -0.4 is 4.74 Å². The highest BCUT2D eigenvalue weighted by molar-refractivity contribution is 7.06. The molecule has 2 fully saturated rings. The zero-order valence-electron chi connectivity index (χ0n) is 20.7. The quantitative estimate of drug-likeness (QED) is 0.454. The maximum absolute atomic E-state index is 14.0. The maximum Gasteiger partial charge on any atom is 0.437 e. The first-order valence-corrected chi connectivity index (χ1v) is 13.1. The molecule has 2 aliphatic rings. The minimum atomic E-state index is -4.80. The number of nitrogens with zero attached hydrogens (tertiary/aromatic N) is 3. The number of carbonyl (C=O) groups excluding carboxylic acids is 1. The van der Waals surface area contributed by atoms with E-state index in [2.05, 4.69) is 9.36 Å². The molecule has 2 heterocycles. The number of carbonyl (C=O) groups is 2. The summed E-state index contributed by atoms with van der Waals surface area (Å²) in [6.07, 6.45) is -0.298. The third-order valence-electron chi connectivity index (χ3n) is 7.12. The maximum atomic E-state index is 14.0. The highest BCUT2D eigenvalue weighted by atomic mass is 32.1. The van der Waals surface area contributed by atoms with Gasteiger partial charge in [-0.25, -0.2) is 9.78 Å². The SMILES string of the molecule is Cc1snc(-c2ccc(OC3CCC[C@H](C(=O)O)C3)c(C(F)(F)F)n2)c1COC(=O)N(C)C1CCCC1. The Hall–Kier alpha value is -2.89. The Morgan fingerprint density at radius 1 is 1.16 bits per heavy atom.